The molecular weight excluding hydrogens is 556 g/mol. The van der Waals surface area contributed by atoms with Gasteiger partial charge in [-0.15, -0.1) is 0 Å². The third kappa shape index (κ3) is 3.59. The van der Waals surface area contributed by atoms with Crippen molar-refractivity contribution >= 4 is 65.0 Å². The van der Waals surface area contributed by atoms with E-state index in [1.165, 1.54) is 81.8 Å². The van der Waals surface area contributed by atoms with Crippen molar-refractivity contribution < 1.29 is 0 Å². The number of hydrogen-bond acceptors (Lipinski definition) is 0. The molecule has 2 aromatic heterocycles. The minimum atomic E-state index is 1.16. The molecule has 0 N–H and O–H groups in total. The van der Waals surface area contributed by atoms with E-state index in [1.807, 2.05) is 0 Å². The van der Waals surface area contributed by atoms with Gasteiger partial charge in [-0.05, 0) is 98.0 Å². The summed E-state index contributed by atoms with van der Waals surface area (Å²) in [7, 11) is 0. The van der Waals surface area contributed by atoms with Crippen molar-refractivity contribution in [3.63, 3.8) is 0 Å². The molecular formula is C44H28N2. The molecule has 2 nitrogen and oxygen atoms in total. The minimum absolute atomic E-state index is 1.16. The summed E-state index contributed by atoms with van der Waals surface area (Å²) in [6, 6.07) is 59.8. The average molecular weight is 585 g/mol. The van der Waals surface area contributed by atoms with E-state index in [-0.39, 0.29) is 0 Å². The molecule has 10 rings (SSSR count). The Labute approximate surface area is 266 Å². The van der Waals surface area contributed by atoms with E-state index in [0.29, 0.717) is 0 Å². The van der Waals surface area contributed by atoms with Crippen LogP contribution in [0, 0.1) is 0 Å². The quantitative estimate of drug-likeness (QED) is 0.183. The van der Waals surface area contributed by atoms with E-state index in [1.54, 1.807) is 0 Å². The van der Waals surface area contributed by atoms with Crippen molar-refractivity contribution in [3.05, 3.63) is 170 Å². The molecule has 2 heterocycles. The van der Waals surface area contributed by atoms with Gasteiger partial charge in [0, 0.05) is 33.7 Å². The van der Waals surface area contributed by atoms with Crippen LogP contribution in [0.25, 0.3) is 87.5 Å². The largest absolute Gasteiger partial charge is 0.317 e. The Morgan fingerprint density at radius 2 is 0.870 bits per heavy atom. The first-order chi connectivity index (χ1) is 22.8. The van der Waals surface area contributed by atoms with Crippen molar-refractivity contribution in [3.8, 4) is 22.5 Å². The van der Waals surface area contributed by atoms with Gasteiger partial charge in [-0.1, -0.05) is 109 Å². The van der Waals surface area contributed by atoms with Crippen molar-refractivity contribution in [2.45, 2.75) is 0 Å². The topological polar surface area (TPSA) is 9.86 Å². The van der Waals surface area contributed by atoms with Crippen LogP contribution in [0.15, 0.2) is 170 Å². The lowest BCUT2D eigenvalue weighted by molar-refractivity contribution is 1.13. The van der Waals surface area contributed by atoms with Gasteiger partial charge in [0.25, 0.3) is 0 Å². The zero-order valence-electron chi connectivity index (χ0n) is 25.1. The summed E-state index contributed by atoms with van der Waals surface area (Å²) in [5.41, 5.74) is 8.40. The summed E-state index contributed by atoms with van der Waals surface area (Å²) in [6.45, 7) is 0. The lowest BCUT2D eigenvalue weighted by Gasteiger charge is -2.13. The molecule has 0 aliphatic carbocycles. The fourth-order valence-corrected chi connectivity index (χ4v) is 7.69. The first-order valence-electron chi connectivity index (χ1n) is 15.9. The molecule has 0 radical (unpaired) electrons. The molecule has 8 aromatic carbocycles. The van der Waals surface area contributed by atoms with Gasteiger partial charge >= 0.3 is 0 Å². The van der Waals surface area contributed by atoms with Crippen LogP contribution in [0.1, 0.15) is 0 Å². The molecule has 0 fully saturated rings. The molecule has 0 bridgehead atoms. The Hall–Kier alpha value is -6.12. The maximum absolute atomic E-state index is 2.43. The molecule has 0 aliphatic rings. The molecule has 0 atom stereocenters. The number of fused-ring (bicyclic) bond motifs is 11. The Kier molecular flexibility index (Phi) is 5.31. The zero-order valence-corrected chi connectivity index (χ0v) is 25.1. The molecule has 0 unspecified atom stereocenters. The number of rotatable bonds is 3. The smallest absolute Gasteiger partial charge is 0.0548 e. The first-order valence-corrected chi connectivity index (χ1v) is 15.9. The molecule has 10 aromatic rings. The molecule has 0 saturated carbocycles. The van der Waals surface area contributed by atoms with Gasteiger partial charge in [0.05, 0.1) is 16.6 Å². The summed E-state index contributed by atoms with van der Waals surface area (Å²) in [6.07, 6.45) is 2.19. The highest BCUT2D eigenvalue weighted by molar-refractivity contribution is 6.26. The van der Waals surface area contributed by atoms with Crippen LogP contribution in [0.5, 0.6) is 0 Å². The SMILES string of the molecule is c1ccc(-n2ccc3c4c5ccccc5n(-c5cccc(-c6ccc7c8ccccc8c8ccccc8c7c6)c5)c4ccc32)cc1. The van der Waals surface area contributed by atoms with Crippen molar-refractivity contribution in [2.75, 3.05) is 0 Å². The highest BCUT2D eigenvalue weighted by Crippen LogP contribution is 2.40. The lowest BCUT2D eigenvalue weighted by Crippen LogP contribution is -1.95. The Morgan fingerprint density at radius 1 is 0.304 bits per heavy atom. The summed E-state index contributed by atoms with van der Waals surface area (Å²) in [4.78, 5) is 0. The molecule has 214 valence electrons. The van der Waals surface area contributed by atoms with Gasteiger partial charge in [0.1, 0.15) is 0 Å². The maximum atomic E-state index is 2.43. The molecule has 46 heavy (non-hydrogen) atoms. The Balaban J connectivity index is 1.19. The van der Waals surface area contributed by atoms with E-state index in [0.717, 1.165) is 5.69 Å². The minimum Gasteiger partial charge on any atom is -0.317 e. The third-order valence-electron chi connectivity index (χ3n) is 9.72. The van der Waals surface area contributed by atoms with Gasteiger partial charge in [-0.3, -0.25) is 0 Å². The van der Waals surface area contributed by atoms with Crippen LogP contribution in [-0.2, 0) is 0 Å². The van der Waals surface area contributed by atoms with E-state index in [9.17, 15) is 0 Å². The number of aromatic nitrogens is 2. The van der Waals surface area contributed by atoms with Crippen LogP contribution < -0.4 is 0 Å². The number of hydrogen-bond donors (Lipinski definition) is 0. The van der Waals surface area contributed by atoms with Gasteiger partial charge in [0.15, 0.2) is 0 Å². The van der Waals surface area contributed by atoms with Crippen molar-refractivity contribution in [1.29, 1.82) is 0 Å². The predicted octanol–water partition coefficient (Wildman–Crippen LogP) is 11.9. The monoisotopic (exact) mass is 584 g/mol. The first kappa shape index (κ1) is 25.2. The average Bonchev–Trinajstić information content (AvgIpc) is 3.71. The second-order valence-electron chi connectivity index (χ2n) is 12.2. The van der Waals surface area contributed by atoms with E-state index >= 15 is 0 Å². The van der Waals surface area contributed by atoms with Gasteiger partial charge in [-0.25, -0.2) is 0 Å². The van der Waals surface area contributed by atoms with Crippen molar-refractivity contribution in [2.24, 2.45) is 0 Å². The molecule has 0 saturated heterocycles. The summed E-state index contributed by atoms with van der Waals surface area (Å²) < 4.78 is 4.71. The lowest BCUT2D eigenvalue weighted by atomic mass is 9.92. The zero-order chi connectivity index (χ0) is 30.2. The second kappa shape index (κ2) is 9.69. The molecule has 0 spiro atoms. The van der Waals surface area contributed by atoms with Crippen LogP contribution in [0.3, 0.4) is 0 Å². The van der Waals surface area contributed by atoms with Gasteiger partial charge < -0.3 is 9.13 Å². The maximum Gasteiger partial charge on any atom is 0.0548 e. The number of benzene rings is 8. The predicted molar refractivity (Wildman–Crippen MR) is 196 cm³/mol. The number of para-hydroxylation sites is 2. The standard InChI is InChI=1S/C44H28N2/c1-2-12-31(13-3-1)45-26-25-39-41(45)23-24-43-44(39)38-19-8-9-20-42(38)46(43)32-14-10-11-29(27-32)30-21-22-37-35-17-5-4-15-33(35)34-16-6-7-18-36(34)40(37)28-30/h1-28H. The second-order valence-corrected chi connectivity index (χ2v) is 12.2. The van der Waals surface area contributed by atoms with Crippen LogP contribution in [0.4, 0.5) is 0 Å². The van der Waals surface area contributed by atoms with E-state index in [2.05, 4.69) is 179 Å². The molecule has 0 aliphatic heterocycles. The fraction of sp³-hybridized carbons (Fsp3) is 0. The van der Waals surface area contributed by atoms with Crippen LogP contribution in [-0.4, -0.2) is 9.13 Å². The Bertz CT molecular complexity index is 2760. The van der Waals surface area contributed by atoms with Gasteiger partial charge in [-0.2, -0.15) is 0 Å². The highest BCUT2D eigenvalue weighted by Gasteiger charge is 2.17. The fourth-order valence-electron chi connectivity index (χ4n) is 7.69. The normalized spacial score (nSPS) is 11.9. The van der Waals surface area contributed by atoms with Gasteiger partial charge in [0.2, 0.25) is 0 Å². The summed E-state index contributed by atoms with van der Waals surface area (Å²) in [5, 5.41) is 11.6. The van der Waals surface area contributed by atoms with E-state index < -0.39 is 0 Å². The third-order valence-corrected chi connectivity index (χ3v) is 9.72. The number of nitrogens with zero attached hydrogens (tertiary/aromatic N) is 2. The summed E-state index contributed by atoms with van der Waals surface area (Å²) >= 11 is 0. The van der Waals surface area contributed by atoms with Crippen LogP contribution >= 0.6 is 0 Å². The highest BCUT2D eigenvalue weighted by atomic mass is 15.0. The molecule has 0 amide bonds. The summed E-state index contributed by atoms with van der Waals surface area (Å²) in [5.74, 6) is 0. The van der Waals surface area contributed by atoms with E-state index in [4.69, 9.17) is 0 Å². The Morgan fingerprint density at radius 3 is 1.63 bits per heavy atom. The molecule has 2 heteroatoms. The van der Waals surface area contributed by atoms with Crippen molar-refractivity contribution in [1.82, 2.24) is 9.13 Å². The van der Waals surface area contributed by atoms with Crippen LogP contribution in [0.2, 0.25) is 0 Å².